The van der Waals surface area contributed by atoms with E-state index in [0.29, 0.717) is 5.56 Å². The molecule has 0 heterocycles. The molecule has 1 atom stereocenters. The minimum Gasteiger partial charge on any atom is -0.207 e. The van der Waals surface area contributed by atoms with Crippen molar-refractivity contribution in [3.8, 4) is 0 Å². The molecule has 0 aromatic heterocycles. The molecule has 1 N–H and O–H groups in total. The van der Waals surface area contributed by atoms with E-state index in [1.54, 1.807) is 25.1 Å². The van der Waals surface area contributed by atoms with Gasteiger partial charge in [0, 0.05) is 6.04 Å². The van der Waals surface area contributed by atoms with Crippen LogP contribution in [0.4, 0.5) is 13.2 Å². The van der Waals surface area contributed by atoms with Crippen molar-refractivity contribution in [1.29, 1.82) is 0 Å². The van der Waals surface area contributed by atoms with Gasteiger partial charge in [-0.15, -0.1) is 0 Å². The molecule has 0 aliphatic heterocycles. The molecule has 0 aliphatic carbocycles. The number of aryl methyl sites for hydroxylation is 1. The third kappa shape index (κ3) is 3.92. The van der Waals surface area contributed by atoms with Crippen molar-refractivity contribution < 1.29 is 21.6 Å². The smallest absolute Gasteiger partial charge is 0.207 e. The molecule has 0 fully saturated rings. The van der Waals surface area contributed by atoms with Crippen LogP contribution in [0.2, 0.25) is 0 Å². The molecule has 0 bridgehead atoms. The number of nitrogens with one attached hydrogen (secondary N) is 1. The Bertz CT molecular complexity index is 801. The Hall–Kier alpha value is -1.86. The largest absolute Gasteiger partial charge is 0.417 e. The zero-order chi connectivity index (χ0) is 17.3. The Morgan fingerprint density at radius 1 is 1.00 bits per heavy atom. The lowest BCUT2D eigenvalue weighted by Crippen LogP contribution is -2.29. The average Bonchev–Trinajstić information content (AvgIpc) is 2.46. The van der Waals surface area contributed by atoms with Crippen LogP contribution in [0.25, 0.3) is 0 Å². The summed E-state index contributed by atoms with van der Waals surface area (Å²) in [6.07, 6.45) is -4.74. The second kappa shape index (κ2) is 6.33. The van der Waals surface area contributed by atoms with Gasteiger partial charge in [-0.1, -0.05) is 36.4 Å². The van der Waals surface area contributed by atoms with Crippen molar-refractivity contribution in [1.82, 2.24) is 4.72 Å². The first-order chi connectivity index (χ1) is 10.6. The Labute approximate surface area is 133 Å². The first kappa shape index (κ1) is 17.5. The fraction of sp³-hybridized carbons (Fsp3) is 0.250. The highest BCUT2D eigenvalue weighted by Gasteiger charge is 2.37. The molecule has 0 saturated heterocycles. The molecule has 3 nitrogen and oxygen atoms in total. The van der Waals surface area contributed by atoms with Gasteiger partial charge in [-0.3, -0.25) is 0 Å². The Kier molecular flexibility index (Phi) is 4.81. The third-order valence-corrected chi connectivity index (χ3v) is 5.07. The number of hydrogen-bond acceptors (Lipinski definition) is 2. The maximum absolute atomic E-state index is 13.0. The van der Waals surface area contributed by atoms with Gasteiger partial charge in [0.2, 0.25) is 10.0 Å². The molecular formula is C16H16F3NO2S. The van der Waals surface area contributed by atoms with Gasteiger partial charge in [0.1, 0.15) is 0 Å². The number of alkyl halides is 3. The molecule has 0 aliphatic rings. The van der Waals surface area contributed by atoms with Crippen LogP contribution >= 0.6 is 0 Å². The molecule has 2 aromatic rings. The lowest BCUT2D eigenvalue weighted by molar-refractivity contribution is -0.139. The number of benzene rings is 2. The monoisotopic (exact) mass is 343 g/mol. The van der Waals surface area contributed by atoms with Crippen molar-refractivity contribution in [3.05, 3.63) is 65.2 Å². The van der Waals surface area contributed by atoms with Crippen LogP contribution in [0, 0.1) is 6.92 Å². The highest BCUT2D eigenvalue weighted by Crippen LogP contribution is 2.34. The summed E-state index contributed by atoms with van der Waals surface area (Å²) in [6, 6.07) is 10.6. The van der Waals surface area contributed by atoms with Gasteiger partial charge in [0.05, 0.1) is 10.5 Å². The van der Waals surface area contributed by atoms with E-state index in [1.165, 1.54) is 6.07 Å². The summed E-state index contributed by atoms with van der Waals surface area (Å²) in [5.41, 5.74) is 0.386. The molecule has 0 amide bonds. The average molecular weight is 343 g/mol. The standard InChI is InChI=1S/C16H16F3NO2S/c1-11-7-3-4-8-13(11)12(2)20-23(21,22)15-10-6-5-9-14(15)16(17,18)19/h3-10,12,20H,1-2H3/t12-/m0/s1. The number of rotatable bonds is 4. The minimum absolute atomic E-state index is 0.650. The lowest BCUT2D eigenvalue weighted by atomic mass is 10.0. The third-order valence-electron chi connectivity index (χ3n) is 3.47. The maximum atomic E-state index is 13.0. The molecule has 0 radical (unpaired) electrons. The second-order valence-corrected chi connectivity index (χ2v) is 6.88. The second-order valence-electron chi connectivity index (χ2n) is 5.19. The molecule has 2 rings (SSSR count). The van der Waals surface area contributed by atoms with Crippen molar-refractivity contribution in [2.75, 3.05) is 0 Å². The summed E-state index contributed by atoms with van der Waals surface area (Å²) in [5.74, 6) is 0. The maximum Gasteiger partial charge on any atom is 0.417 e. The summed E-state index contributed by atoms with van der Waals surface area (Å²) in [5, 5.41) is 0. The summed E-state index contributed by atoms with van der Waals surface area (Å²) < 4.78 is 66.1. The van der Waals surface area contributed by atoms with Crippen LogP contribution in [0.3, 0.4) is 0 Å². The molecule has 7 heteroatoms. The number of halogens is 3. The predicted molar refractivity (Wildman–Crippen MR) is 81.4 cm³/mol. The zero-order valence-electron chi connectivity index (χ0n) is 12.6. The van der Waals surface area contributed by atoms with E-state index < -0.39 is 32.7 Å². The fourth-order valence-electron chi connectivity index (χ4n) is 2.37. The molecule has 0 saturated carbocycles. The van der Waals surface area contributed by atoms with Crippen molar-refractivity contribution in [3.63, 3.8) is 0 Å². The van der Waals surface area contributed by atoms with Gasteiger partial charge in [0.25, 0.3) is 0 Å². The van der Waals surface area contributed by atoms with Gasteiger partial charge in [-0.05, 0) is 37.1 Å². The topological polar surface area (TPSA) is 46.2 Å². The van der Waals surface area contributed by atoms with Crippen LogP contribution in [0.1, 0.15) is 29.7 Å². The molecular weight excluding hydrogens is 327 g/mol. The Morgan fingerprint density at radius 3 is 2.17 bits per heavy atom. The Morgan fingerprint density at radius 2 is 1.57 bits per heavy atom. The van der Waals surface area contributed by atoms with Crippen molar-refractivity contribution >= 4 is 10.0 Å². The molecule has 2 aromatic carbocycles. The highest BCUT2D eigenvalue weighted by molar-refractivity contribution is 7.89. The van der Waals surface area contributed by atoms with Gasteiger partial charge >= 0.3 is 6.18 Å². The van der Waals surface area contributed by atoms with Crippen LogP contribution in [-0.2, 0) is 16.2 Å². The molecule has 0 spiro atoms. The van der Waals surface area contributed by atoms with Crippen molar-refractivity contribution in [2.24, 2.45) is 0 Å². The van der Waals surface area contributed by atoms with Crippen LogP contribution in [-0.4, -0.2) is 8.42 Å². The predicted octanol–water partition coefficient (Wildman–Crippen LogP) is 4.05. The van der Waals surface area contributed by atoms with E-state index in [0.717, 1.165) is 23.8 Å². The van der Waals surface area contributed by atoms with Crippen molar-refractivity contribution in [2.45, 2.75) is 31.0 Å². The van der Waals surface area contributed by atoms with Crippen LogP contribution in [0.15, 0.2) is 53.4 Å². The summed E-state index contributed by atoms with van der Waals surface area (Å²) in [4.78, 5) is -0.770. The zero-order valence-corrected chi connectivity index (χ0v) is 13.4. The molecule has 0 unspecified atom stereocenters. The number of hydrogen-bond donors (Lipinski definition) is 1. The van der Waals surface area contributed by atoms with E-state index in [4.69, 9.17) is 0 Å². The summed E-state index contributed by atoms with van der Waals surface area (Å²) in [6.45, 7) is 3.40. The van der Waals surface area contributed by atoms with E-state index in [1.807, 2.05) is 13.0 Å². The highest BCUT2D eigenvalue weighted by atomic mass is 32.2. The van der Waals surface area contributed by atoms with Gasteiger partial charge < -0.3 is 0 Å². The first-order valence-corrected chi connectivity index (χ1v) is 8.35. The SMILES string of the molecule is Cc1ccccc1[C@H](C)NS(=O)(=O)c1ccccc1C(F)(F)F. The Balaban J connectivity index is 2.39. The van der Waals surface area contributed by atoms with Gasteiger partial charge in [0.15, 0.2) is 0 Å². The quantitative estimate of drug-likeness (QED) is 0.910. The van der Waals surface area contributed by atoms with Gasteiger partial charge in [-0.2, -0.15) is 13.2 Å². The fourth-order valence-corrected chi connectivity index (χ4v) is 3.82. The molecule has 23 heavy (non-hydrogen) atoms. The van der Waals surface area contributed by atoms with Gasteiger partial charge in [-0.25, -0.2) is 13.1 Å². The number of sulfonamides is 1. The first-order valence-electron chi connectivity index (χ1n) is 6.87. The summed E-state index contributed by atoms with van der Waals surface area (Å²) >= 11 is 0. The van der Waals surface area contributed by atoms with Crippen LogP contribution < -0.4 is 4.72 Å². The van der Waals surface area contributed by atoms with E-state index in [-0.39, 0.29) is 0 Å². The van der Waals surface area contributed by atoms with E-state index in [2.05, 4.69) is 4.72 Å². The lowest BCUT2D eigenvalue weighted by Gasteiger charge is -2.19. The van der Waals surface area contributed by atoms with E-state index >= 15 is 0 Å². The minimum atomic E-state index is -4.74. The normalized spacial score (nSPS) is 13.8. The van der Waals surface area contributed by atoms with E-state index in [9.17, 15) is 21.6 Å². The summed E-state index contributed by atoms with van der Waals surface area (Å²) in [7, 11) is -4.31. The van der Waals surface area contributed by atoms with Crippen LogP contribution in [0.5, 0.6) is 0 Å². The molecule has 124 valence electrons.